The lowest BCUT2D eigenvalue weighted by molar-refractivity contribution is -0.143. The molecule has 0 aromatic carbocycles. The van der Waals surface area contributed by atoms with Crippen molar-refractivity contribution in [3.63, 3.8) is 0 Å². The molecule has 2 rings (SSSR count). The highest BCUT2D eigenvalue weighted by atomic mass is 32.2. The van der Waals surface area contributed by atoms with Crippen LogP contribution in [0, 0.1) is 11.3 Å². The normalized spacial score (nSPS) is 22.0. The van der Waals surface area contributed by atoms with Crippen molar-refractivity contribution < 1.29 is 19.2 Å². The first kappa shape index (κ1) is 21.9. The molecule has 0 radical (unpaired) electrons. The van der Waals surface area contributed by atoms with E-state index in [-0.39, 0.29) is 71.4 Å². The van der Waals surface area contributed by atoms with Gasteiger partial charge in [0.2, 0.25) is 23.6 Å². The van der Waals surface area contributed by atoms with Crippen molar-refractivity contribution >= 4 is 35.4 Å². The second-order valence-corrected chi connectivity index (χ2v) is 11.1. The molecule has 2 saturated heterocycles. The van der Waals surface area contributed by atoms with Crippen molar-refractivity contribution in [2.75, 3.05) is 13.1 Å². The van der Waals surface area contributed by atoms with Crippen LogP contribution in [0.4, 0.5) is 0 Å². The standard InChI is InChI=1S/C20H32N2O4S/c1-13(2)19(3,4)12-20(5,6)27-14-11-17(25)22(18(14)26)10-9-21-15(23)7-8-16(21)24/h13-14H,7-12H2,1-6H3. The molecule has 0 saturated carbocycles. The van der Waals surface area contributed by atoms with Gasteiger partial charge in [-0.3, -0.25) is 29.0 Å². The Kier molecular flexibility index (Phi) is 6.44. The molecule has 0 spiro atoms. The number of carbonyl (C=O) groups excluding carboxylic acids is 4. The van der Waals surface area contributed by atoms with Gasteiger partial charge in [-0.1, -0.05) is 41.5 Å². The van der Waals surface area contributed by atoms with E-state index >= 15 is 0 Å². The molecule has 152 valence electrons. The van der Waals surface area contributed by atoms with E-state index in [2.05, 4.69) is 41.5 Å². The van der Waals surface area contributed by atoms with Crippen LogP contribution in [0.25, 0.3) is 0 Å². The Morgan fingerprint density at radius 1 is 0.926 bits per heavy atom. The lowest BCUT2D eigenvalue weighted by Gasteiger charge is -2.38. The summed E-state index contributed by atoms with van der Waals surface area (Å²) in [7, 11) is 0. The van der Waals surface area contributed by atoms with Crippen LogP contribution in [0.2, 0.25) is 0 Å². The van der Waals surface area contributed by atoms with E-state index < -0.39 is 0 Å². The minimum absolute atomic E-state index is 0.101. The second kappa shape index (κ2) is 7.94. The molecule has 0 aromatic heterocycles. The van der Waals surface area contributed by atoms with Crippen LogP contribution in [-0.2, 0) is 19.2 Å². The summed E-state index contributed by atoms with van der Waals surface area (Å²) in [4.78, 5) is 50.9. The molecular formula is C20H32N2O4S. The van der Waals surface area contributed by atoms with Crippen molar-refractivity contribution in [1.82, 2.24) is 9.80 Å². The minimum Gasteiger partial charge on any atom is -0.281 e. The highest BCUT2D eigenvalue weighted by Crippen LogP contribution is 2.44. The van der Waals surface area contributed by atoms with Crippen LogP contribution in [0.5, 0.6) is 0 Å². The zero-order chi connectivity index (χ0) is 20.6. The number of rotatable bonds is 8. The summed E-state index contributed by atoms with van der Waals surface area (Å²) in [5.41, 5.74) is 0.137. The Labute approximate surface area is 166 Å². The Bertz CT molecular complexity index is 626. The molecule has 2 aliphatic heterocycles. The first-order valence-electron chi connectivity index (χ1n) is 9.69. The fourth-order valence-corrected chi connectivity index (χ4v) is 5.46. The first-order chi connectivity index (χ1) is 12.3. The number of nitrogens with zero attached hydrogens (tertiary/aromatic N) is 2. The van der Waals surface area contributed by atoms with E-state index in [0.717, 1.165) is 11.3 Å². The van der Waals surface area contributed by atoms with Crippen LogP contribution in [0.15, 0.2) is 0 Å². The van der Waals surface area contributed by atoms with Crippen LogP contribution in [0.3, 0.4) is 0 Å². The third kappa shape index (κ3) is 5.12. The summed E-state index contributed by atoms with van der Waals surface area (Å²) in [6.07, 6.45) is 1.58. The van der Waals surface area contributed by atoms with Crippen LogP contribution < -0.4 is 0 Å². The monoisotopic (exact) mass is 396 g/mol. The zero-order valence-corrected chi connectivity index (χ0v) is 18.1. The lowest BCUT2D eigenvalue weighted by atomic mass is 9.75. The zero-order valence-electron chi connectivity index (χ0n) is 17.3. The van der Waals surface area contributed by atoms with Gasteiger partial charge in [0.05, 0.1) is 5.25 Å². The number of likely N-dealkylation sites (tertiary alicyclic amines) is 2. The van der Waals surface area contributed by atoms with Gasteiger partial charge in [-0.2, -0.15) is 0 Å². The van der Waals surface area contributed by atoms with Crippen LogP contribution in [-0.4, -0.2) is 56.5 Å². The fraction of sp³-hybridized carbons (Fsp3) is 0.800. The Balaban J connectivity index is 1.96. The third-order valence-electron chi connectivity index (χ3n) is 5.81. The topological polar surface area (TPSA) is 74.8 Å². The maximum Gasteiger partial charge on any atom is 0.242 e. The van der Waals surface area contributed by atoms with Gasteiger partial charge in [-0.25, -0.2) is 0 Å². The maximum absolute atomic E-state index is 12.8. The van der Waals surface area contributed by atoms with Crippen molar-refractivity contribution in [1.29, 1.82) is 0 Å². The van der Waals surface area contributed by atoms with Crippen LogP contribution in [0.1, 0.15) is 67.2 Å². The van der Waals surface area contributed by atoms with Crippen molar-refractivity contribution in [3.05, 3.63) is 0 Å². The molecular weight excluding hydrogens is 364 g/mol. The highest BCUT2D eigenvalue weighted by molar-refractivity contribution is 8.02. The number of amides is 4. The number of thioether (sulfide) groups is 1. The van der Waals surface area contributed by atoms with Crippen molar-refractivity contribution in [2.45, 2.75) is 77.2 Å². The molecule has 7 heteroatoms. The smallest absolute Gasteiger partial charge is 0.242 e. The van der Waals surface area contributed by atoms with Gasteiger partial charge in [0.15, 0.2) is 0 Å². The van der Waals surface area contributed by atoms with Gasteiger partial charge < -0.3 is 0 Å². The Morgan fingerprint density at radius 3 is 1.96 bits per heavy atom. The summed E-state index contributed by atoms with van der Waals surface area (Å²) in [6.45, 7) is 13.3. The largest absolute Gasteiger partial charge is 0.281 e. The van der Waals surface area contributed by atoms with E-state index in [1.54, 1.807) is 11.8 Å². The van der Waals surface area contributed by atoms with Crippen molar-refractivity contribution in [3.8, 4) is 0 Å². The van der Waals surface area contributed by atoms with Gasteiger partial charge in [0.1, 0.15) is 0 Å². The first-order valence-corrected chi connectivity index (χ1v) is 10.6. The van der Waals surface area contributed by atoms with Crippen molar-refractivity contribution in [2.24, 2.45) is 11.3 Å². The molecule has 1 unspecified atom stereocenters. The molecule has 0 N–H and O–H groups in total. The summed E-state index contributed by atoms with van der Waals surface area (Å²) in [6, 6.07) is 0. The van der Waals surface area contributed by atoms with E-state index in [1.807, 2.05) is 0 Å². The molecule has 2 fully saturated rings. The SMILES string of the molecule is CC(C)C(C)(C)CC(C)(C)SC1CC(=O)N(CCN2C(=O)CCC2=O)C1=O. The number of hydrogen-bond acceptors (Lipinski definition) is 5. The molecule has 0 aliphatic carbocycles. The quantitative estimate of drug-likeness (QED) is 0.590. The van der Waals surface area contributed by atoms with Gasteiger partial charge >= 0.3 is 0 Å². The van der Waals surface area contributed by atoms with Crippen LogP contribution >= 0.6 is 11.8 Å². The molecule has 1 atom stereocenters. The number of carbonyl (C=O) groups is 4. The fourth-order valence-electron chi connectivity index (χ4n) is 3.78. The minimum atomic E-state index is -0.388. The second-order valence-electron chi connectivity index (χ2n) is 9.21. The molecule has 27 heavy (non-hydrogen) atoms. The predicted octanol–water partition coefficient (Wildman–Crippen LogP) is 2.85. The molecule has 0 bridgehead atoms. The summed E-state index contributed by atoms with van der Waals surface area (Å²) < 4.78 is -0.134. The van der Waals surface area contributed by atoms with Gasteiger partial charge in [0.25, 0.3) is 0 Å². The average Bonchev–Trinajstić information content (AvgIpc) is 2.96. The average molecular weight is 397 g/mol. The molecule has 4 amide bonds. The summed E-state index contributed by atoms with van der Waals surface area (Å²) >= 11 is 1.57. The summed E-state index contributed by atoms with van der Waals surface area (Å²) in [5.74, 6) is -0.329. The molecule has 2 heterocycles. The highest BCUT2D eigenvalue weighted by Gasteiger charge is 2.43. The molecule has 6 nitrogen and oxygen atoms in total. The lowest BCUT2D eigenvalue weighted by Crippen LogP contribution is -2.41. The number of imide groups is 2. The summed E-state index contributed by atoms with van der Waals surface area (Å²) in [5, 5.41) is -0.388. The number of hydrogen-bond donors (Lipinski definition) is 0. The third-order valence-corrected chi connectivity index (χ3v) is 7.25. The Morgan fingerprint density at radius 2 is 1.44 bits per heavy atom. The molecule has 0 aromatic rings. The van der Waals surface area contributed by atoms with E-state index in [0.29, 0.717) is 5.92 Å². The Hall–Kier alpha value is -1.37. The van der Waals surface area contributed by atoms with Gasteiger partial charge in [-0.15, -0.1) is 11.8 Å². The van der Waals surface area contributed by atoms with E-state index in [9.17, 15) is 19.2 Å². The van der Waals surface area contributed by atoms with E-state index in [4.69, 9.17) is 0 Å². The van der Waals surface area contributed by atoms with Gasteiger partial charge in [-0.05, 0) is 17.8 Å². The predicted molar refractivity (Wildman–Crippen MR) is 106 cm³/mol. The maximum atomic E-state index is 12.8. The van der Waals surface area contributed by atoms with Gasteiger partial charge in [0, 0.05) is 37.1 Å². The molecule has 2 aliphatic rings. The van der Waals surface area contributed by atoms with E-state index in [1.165, 1.54) is 4.90 Å².